The van der Waals surface area contributed by atoms with Gasteiger partial charge in [0.1, 0.15) is 5.82 Å². The van der Waals surface area contributed by atoms with Gasteiger partial charge in [-0.15, -0.1) is 0 Å². The lowest BCUT2D eigenvalue weighted by Gasteiger charge is -2.28. The highest BCUT2D eigenvalue weighted by atomic mass is 35.5. The van der Waals surface area contributed by atoms with Crippen LogP contribution in [0.1, 0.15) is 24.4 Å². The van der Waals surface area contributed by atoms with Gasteiger partial charge < -0.3 is 10.4 Å². The molecule has 5 heteroatoms. The first-order valence-electron chi connectivity index (χ1n) is 5.49. The number of aliphatic carboxylic acids is 1. The van der Waals surface area contributed by atoms with Gasteiger partial charge in [-0.2, -0.15) is 0 Å². The molecule has 1 heterocycles. The second-order valence-electron chi connectivity index (χ2n) is 4.24. The van der Waals surface area contributed by atoms with E-state index >= 15 is 0 Å². The number of carbonyl (C=O) groups is 1. The summed E-state index contributed by atoms with van der Waals surface area (Å²) in [4.78, 5) is 10.9. The van der Waals surface area contributed by atoms with Crippen LogP contribution in [0, 0.1) is 11.7 Å². The second-order valence-corrected chi connectivity index (χ2v) is 4.65. The SMILES string of the molecule is O=C(O)C1CCNC(c2ccc(Cl)c(F)c2)C1. The monoisotopic (exact) mass is 257 g/mol. The molecule has 2 rings (SSSR count). The summed E-state index contributed by atoms with van der Waals surface area (Å²) >= 11 is 5.61. The lowest BCUT2D eigenvalue weighted by atomic mass is 9.89. The van der Waals surface area contributed by atoms with Crippen molar-refractivity contribution in [3.8, 4) is 0 Å². The van der Waals surface area contributed by atoms with Crippen molar-refractivity contribution in [1.29, 1.82) is 0 Å². The fraction of sp³-hybridized carbons (Fsp3) is 0.417. The zero-order valence-corrected chi connectivity index (χ0v) is 9.88. The fourth-order valence-corrected chi connectivity index (χ4v) is 2.24. The summed E-state index contributed by atoms with van der Waals surface area (Å²) in [6, 6.07) is 4.48. The average molecular weight is 258 g/mol. The van der Waals surface area contributed by atoms with Crippen LogP contribution in [0.15, 0.2) is 18.2 Å². The van der Waals surface area contributed by atoms with Crippen molar-refractivity contribution >= 4 is 17.6 Å². The molecule has 0 bridgehead atoms. The van der Waals surface area contributed by atoms with Gasteiger partial charge in [-0.3, -0.25) is 4.79 Å². The molecule has 1 aliphatic rings. The van der Waals surface area contributed by atoms with Crippen molar-refractivity contribution in [3.05, 3.63) is 34.6 Å². The largest absolute Gasteiger partial charge is 0.481 e. The number of rotatable bonds is 2. The second kappa shape index (κ2) is 5.02. The molecule has 17 heavy (non-hydrogen) atoms. The third kappa shape index (κ3) is 2.76. The molecule has 0 aliphatic carbocycles. The standard InChI is InChI=1S/C12H13ClFNO2/c13-9-2-1-7(5-10(9)14)11-6-8(12(16)17)3-4-15-11/h1-2,5,8,11,15H,3-4,6H2,(H,16,17). The zero-order valence-electron chi connectivity index (χ0n) is 9.12. The van der Waals surface area contributed by atoms with Crippen LogP contribution in [-0.4, -0.2) is 17.6 Å². The van der Waals surface area contributed by atoms with Gasteiger partial charge in [0.25, 0.3) is 0 Å². The first-order chi connectivity index (χ1) is 8.08. The lowest BCUT2D eigenvalue weighted by molar-refractivity contribution is -0.143. The lowest BCUT2D eigenvalue weighted by Crippen LogP contribution is -2.34. The number of halogens is 2. The molecule has 2 N–H and O–H groups in total. The van der Waals surface area contributed by atoms with Crippen LogP contribution in [0.3, 0.4) is 0 Å². The average Bonchev–Trinajstić information content (AvgIpc) is 2.33. The summed E-state index contributed by atoms with van der Waals surface area (Å²) in [6.07, 6.45) is 1.10. The molecule has 0 amide bonds. The van der Waals surface area contributed by atoms with E-state index in [2.05, 4.69) is 5.32 Å². The van der Waals surface area contributed by atoms with E-state index in [0.717, 1.165) is 5.56 Å². The van der Waals surface area contributed by atoms with Crippen LogP contribution < -0.4 is 5.32 Å². The molecule has 2 atom stereocenters. The summed E-state index contributed by atoms with van der Waals surface area (Å²) in [5.74, 6) is -1.62. The van der Waals surface area contributed by atoms with Gasteiger partial charge in [-0.1, -0.05) is 17.7 Å². The first-order valence-corrected chi connectivity index (χ1v) is 5.87. The minimum Gasteiger partial charge on any atom is -0.481 e. The quantitative estimate of drug-likeness (QED) is 0.856. The third-order valence-corrected chi connectivity index (χ3v) is 3.41. The van der Waals surface area contributed by atoms with E-state index in [0.29, 0.717) is 19.4 Å². The highest BCUT2D eigenvalue weighted by Crippen LogP contribution is 2.29. The Balaban J connectivity index is 2.16. The Morgan fingerprint density at radius 2 is 2.29 bits per heavy atom. The number of piperidine rings is 1. The van der Waals surface area contributed by atoms with Crippen LogP contribution >= 0.6 is 11.6 Å². The normalized spacial score (nSPS) is 24.6. The summed E-state index contributed by atoms with van der Waals surface area (Å²) in [6.45, 7) is 0.631. The van der Waals surface area contributed by atoms with E-state index in [-0.39, 0.29) is 17.0 Å². The predicted octanol–water partition coefficient (Wildman–Crippen LogP) is 2.60. The minimum absolute atomic E-state index is 0.0827. The van der Waals surface area contributed by atoms with Gasteiger partial charge in [-0.05, 0) is 37.1 Å². The smallest absolute Gasteiger partial charge is 0.306 e. The topological polar surface area (TPSA) is 49.3 Å². The summed E-state index contributed by atoms with van der Waals surface area (Å²) in [5.41, 5.74) is 0.748. The van der Waals surface area contributed by atoms with E-state index in [1.54, 1.807) is 6.07 Å². The minimum atomic E-state index is -0.786. The molecule has 1 saturated heterocycles. The third-order valence-electron chi connectivity index (χ3n) is 3.10. The molecule has 1 aromatic rings. The number of nitrogens with one attached hydrogen (secondary N) is 1. The molecule has 0 spiro atoms. The molecule has 92 valence electrons. The number of carboxylic acid groups (broad SMARTS) is 1. The number of carboxylic acids is 1. The molecule has 3 nitrogen and oxygen atoms in total. The van der Waals surface area contributed by atoms with E-state index in [1.165, 1.54) is 12.1 Å². The van der Waals surface area contributed by atoms with Gasteiger partial charge in [-0.25, -0.2) is 4.39 Å². The highest BCUT2D eigenvalue weighted by Gasteiger charge is 2.27. The van der Waals surface area contributed by atoms with E-state index < -0.39 is 11.8 Å². The van der Waals surface area contributed by atoms with Gasteiger partial charge in [0.05, 0.1) is 10.9 Å². The van der Waals surface area contributed by atoms with Crippen LogP contribution in [0.5, 0.6) is 0 Å². The maximum atomic E-state index is 13.3. The Bertz CT molecular complexity index is 439. The van der Waals surface area contributed by atoms with Gasteiger partial charge in [0.15, 0.2) is 0 Å². The van der Waals surface area contributed by atoms with Crippen molar-refractivity contribution in [2.45, 2.75) is 18.9 Å². The Morgan fingerprint density at radius 3 is 2.94 bits per heavy atom. The molecule has 2 unspecified atom stereocenters. The molecule has 1 aliphatic heterocycles. The zero-order chi connectivity index (χ0) is 12.4. The van der Waals surface area contributed by atoms with Crippen LogP contribution in [0.4, 0.5) is 4.39 Å². The van der Waals surface area contributed by atoms with E-state index in [4.69, 9.17) is 16.7 Å². The fourth-order valence-electron chi connectivity index (χ4n) is 2.12. The molecule has 0 saturated carbocycles. The van der Waals surface area contributed by atoms with E-state index in [9.17, 15) is 9.18 Å². The highest BCUT2D eigenvalue weighted by molar-refractivity contribution is 6.30. The number of hydrogen-bond donors (Lipinski definition) is 2. The Morgan fingerprint density at radius 1 is 1.53 bits per heavy atom. The maximum absolute atomic E-state index is 13.3. The van der Waals surface area contributed by atoms with Gasteiger partial charge in [0.2, 0.25) is 0 Å². The summed E-state index contributed by atoms with van der Waals surface area (Å²) < 4.78 is 13.3. The molecular weight excluding hydrogens is 245 g/mol. The Kier molecular flexibility index (Phi) is 3.64. The van der Waals surface area contributed by atoms with Crippen molar-refractivity contribution in [3.63, 3.8) is 0 Å². The van der Waals surface area contributed by atoms with Crippen molar-refractivity contribution in [1.82, 2.24) is 5.32 Å². The van der Waals surface area contributed by atoms with Crippen LogP contribution in [0.25, 0.3) is 0 Å². The van der Waals surface area contributed by atoms with Crippen LogP contribution in [0.2, 0.25) is 5.02 Å². The molecule has 1 fully saturated rings. The van der Waals surface area contributed by atoms with Crippen molar-refractivity contribution in [2.75, 3.05) is 6.54 Å². The molecule has 0 aromatic heterocycles. The summed E-state index contributed by atoms with van der Waals surface area (Å²) in [5, 5.41) is 12.3. The van der Waals surface area contributed by atoms with Gasteiger partial charge in [0, 0.05) is 6.04 Å². The maximum Gasteiger partial charge on any atom is 0.306 e. The Labute approximate surface area is 104 Å². The molecular formula is C12H13ClFNO2. The number of hydrogen-bond acceptors (Lipinski definition) is 2. The Hall–Kier alpha value is -1.13. The number of benzene rings is 1. The predicted molar refractivity (Wildman–Crippen MR) is 62.5 cm³/mol. The van der Waals surface area contributed by atoms with Crippen molar-refractivity contribution in [2.24, 2.45) is 5.92 Å². The summed E-state index contributed by atoms with van der Waals surface area (Å²) in [7, 11) is 0. The van der Waals surface area contributed by atoms with Crippen molar-refractivity contribution < 1.29 is 14.3 Å². The first kappa shape index (κ1) is 12.3. The molecule has 0 radical (unpaired) electrons. The van der Waals surface area contributed by atoms with Gasteiger partial charge >= 0.3 is 5.97 Å². The van der Waals surface area contributed by atoms with Crippen LogP contribution in [-0.2, 0) is 4.79 Å². The van der Waals surface area contributed by atoms with E-state index in [1.807, 2.05) is 0 Å². The molecule has 1 aromatic carbocycles.